The van der Waals surface area contributed by atoms with E-state index in [9.17, 15) is 14.4 Å². The number of carbonyl (C=O) groups excluding carboxylic acids is 3. The fourth-order valence-electron chi connectivity index (χ4n) is 3.56. The Kier molecular flexibility index (Phi) is 5.39. The van der Waals surface area contributed by atoms with E-state index in [4.69, 9.17) is 5.41 Å². The van der Waals surface area contributed by atoms with E-state index < -0.39 is 0 Å². The summed E-state index contributed by atoms with van der Waals surface area (Å²) in [5.41, 5.74) is 3.13. The second-order valence-corrected chi connectivity index (χ2v) is 6.79. The van der Waals surface area contributed by atoms with E-state index in [1.165, 1.54) is 13.3 Å². The number of hydrogen-bond donors (Lipinski definition) is 2. The molecule has 0 atom stereocenters. The van der Waals surface area contributed by atoms with Crippen molar-refractivity contribution >= 4 is 35.3 Å². The normalized spacial score (nSPS) is 17.2. The highest BCUT2D eigenvalue weighted by Gasteiger charge is 2.40. The van der Waals surface area contributed by atoms with E-state index in [0.717, 1.165) is 22.5 Å². The molecule has 0 unspecified atom stereocenters. The van der Waals surface area contributed by atoms with Crippen molar-refractivity contribution < 1.29 is 14.4 Å². The molecule has 8 heteroatoms. The summed E-state index contributed by atoms with van der Waals surface area (Å²) in [4.78, 5) is 44.2. The van der Waals surface area contributed by atoms with Gasteiger partial charge in [0.15, 0.2) is 0 Å². The second kappa shape index (κ2) is 7.75. The molecule has 1 aromatic rings. The molecule has 28 heavy (non-hydrogen) atoms. The molecule has 0 saturated carbocycles. The van der Waals surface area contributed by atoms with E-state index in [1.807, 2.05) is 26.0 Å². The van der Waals surface area contributed by atoms with Crippen LogP contribution in [0.5, 0.6) is 0 Å². The standard InChI is InChI=1S/C20H23N5O3/c1-4-13(10-21)14-7-8-16(22-12(14)2)23-17(26)11-25-9-5-6-15-18(25)20(28)24(3)19(15)27/h4,7-8,10,21H,5-6,9,11H2,1-3H3,(H,22,23,26)/b13-4+,21-10?. The number of imide groups is 1. The van der Waals surface area contributed by atoms with Crippen LogP contribution in [0.25, 0.3) is 5.57 Å². The maximum Gasteiger partial charge on any atom is 0.277 e. The van der Waals surface area contributed by atoms with Gasteiger partial charge < -0.3 is 15.6 Å². The molecule has 0 saturated heterocycles. The molecule has 146 valence electrons. The molecular formula is C20H23N5O3. The summed E-state index contributed by atoms with van der Waals surface area (Å²) in [5.74, 6) is -0.523. The lowest BCUT2D eigenvalue weighted by molar-refractivity contribution is -0.136. The van der Waals surface area contributed by atoms with Gasteiger partial charge in [0, 0.05) is 36.6 Å². The Morgan fingerprint density at radius 3 is 2.71 bits per heavy atom. The topological polar surface area (TPSA) is 106 Å². The van der Waals surface area contributed by atoms with Gasteiger partial charge in [-0.05, 0) is 44.4 Å². The number of hydrogen-bond acceptors (Lipinski definition) is 6. The summed E-state index contributed by atoms with van der Waals surface area (Å²) in [6.45, 7) is 4.20. The smallest absolute Gasteiger partial charge is 0.277 e. The highest BCUT2D eigenvalue weighted by atomic mass is 16.2. The van der Waals surface area contributed by atoms with Crippen LogP contribution >= 0.6 is 0 Å². The Morgan fingerprint density at radius 2 is 2.07 bits per heavy atom. The highest BCUT2D eigenvalue weighted by molar-refractivity contribution is 6.19. The van der Waals surface area contributed by atoms with E-state index >= 15 is 0 Å². The zero-order chi connectivity index (χ0) is 20.4. The molecule has 2 N–H and O–H groups in total. The van der Waals surface area contributed by atoms with E-state index in [-0.39, 0.29) is 24.3 Å². The van der Waals surface area contributed by atoms with Crippen LogP contribution < -0.4 is 5.32 Å². The number of anilines is 1. The first kappa shape index (κ1) is 19.5. The number of carbonyl (C=O) groups is 3. The van der Waals surface area contributed by atoms with Crippen molar-refractivity contribution in [1.29, 1.82) is 5.41 Å². The van der Waals surface area contributed by atoms with Crippen molar-refractivity contribution in [3.8, 4) is 0 Å². The summed E-state index contributed by atoms with van der Waals surface area (Å²) in [6, 6.07) is 3.50. The lowest BCUT2D eigenvalue weighted by Crippen LogP contribution is -2.38. The van der Waals surface area contributed by atoms with Gasteiger partial charge >= 0.3 is 0 Å². The summed E-state index contributed by atoms with van der Waals surface area (Å²) in [5, 5.41) is 10.2. The highest BCUT2D eigenvalue weighted by Crippen LogP contribution is 2.30. The summed E-state index contributed by atoms with van der Waals surface area (Å²) in [6.07, 6.45) is 4.38. The zero-order valence-corrected chi connectivity index (χ0v) is 16.2. The molecule has 3 amide bonds. The van der Waals surface area contributed by atoms with Gasteiger partial charge in [0.2, 0.25) is 5.91 Å². The van der Waals surface area contributed by atoms with Crippen molar-refractivity contribution in [1.82, 2.24) is 14.8 Å². The van der Waals surface area contributed by atoms with Crippen LogP contribution in [-0.4, -0.2) is 58.9 Å². The van der Waals surface area contributed by atoms with Gasteiger partial charge in [-0.15, -0.1) is 0 Å². The van der Waals surface area contributed by atoms with Gasteiger partial charge in [0.1, 0.15) is 11.5 Å². The molecule has 0 aromatic carbocycles. The van der Waals surface area contributed by atoms with E-state index in [1.54, 1.807) is 11.0 Å². The first-order valence-electron chi connectivity index (χ1n) is 9.12. The molecule has 0 bridgehead atoms. The van der Waals surface area contributed by atoms with Crippen LogP contribution in [0.2, 0.25) is 0 Å². The third-order valence-electron chi connectivity index (χ3n) is 4.99. The Labute approximate surface area is 163 Å². The molecule has 1 aromatic heterocycles. The molecule has 8 nitrogen and oxygen atoms in total. The Hall–Kier alpha value is -3.29. The third kappa shape index (κ3) is 3.45. The van der Waals surface area contributed by atoms with Crippen molar-refractivity contribution in [2.75, 3.05) is 25.5 Å². The van der Waals surface area contributed by atoms with Crippen molar-refractivity contribution in [2.24, 2.45) is 0 Å². The summed E-state index contributed by atoms with van der Waals surface area (Å²) < 4.78 is 0. The minimum absolute atomic E-state index is 0.0191. The number of likely N-dealkylation sites (N-methyl/N-ethyl adjacent to an activating group) is 1. The molecule has 2 aliphatic heterocycles. The Bertz CT molecular complexity index is 932. The third-order valence-corrected chi connectivity index (χ3v) is 4.99. The van der Waals surface area contributed by atoms with Crippen LogP contribution in [0.3, 0.4) is 0 Å². The first-order chi connectivity index (χ1) is 13.4. The van der Waals surface area contributed by atoms with Crippen LogP contribution in [0.4, 0.5) is 5.82 Å². The van der Waals surface area contributed by atoms with Crippen LogP contribution in [0.1, 0.15) is 31.0 Å². The Balaban J connectivity index is 1.73. The molecule has 3 heterocycles. The fourth-order valence-corrected chi connectivity index (χ4v) is 3.56. The SMILES string of the molecule is C/C=C(\C=N)c1ccc(NC(=O)CN2CCCC3=C2C(=O)N(C)C3=O)nc1C. The Morgan fingerprint density at radius 1 is 1.32 bits per heavy atom. The van der Waals surface area contributed by atoms with Crippen molar-refractivity contribution in [3.05, 3.63) is 40.7 Å². The van der Waals surface area contributed by atoms with Gasteiger partial charge in [0.05, 0.1) is 6.54 Å². The maximum atomic E-state index is 12.5. The van der Waals surface area contributed by atoms with Gasteiger partial charge in [-0.25, -0.2) is 4.98 Å². The number of allylic oxidation sites excluding steroid dienone is 2. The van der Waals surface area contributed by atoms with Crippen LogP contribution in [0.15, 0.2) is 29.5 Å². The number of nitrogens with zero attached hydrogens (tertiary/aromatic N) is 3. The largest absolute Gasteiger partial charge is 0.357 e. The molecule has 3 rings (SSSR count). The number of nitrogens with one attached hydrogen (secondary N) is 2. The predicted octanol–water partition coefficient (Wildman–Crippen LogP) is 1.73. The minimum Gasteiger partial charge on any atom is -0.357 e. The lowest BCUT2D eigenvalue weighted by atomic mass is 10.0. The van der Waals surface area contributed by atoms with Gasteiger partial charge in [-0.3, -0.25) is 19.3 Å². The van der Waals surface area contributed by atoms with E-state index in [0.29, 0.717) is 35.7 Å². The van der Waals surface area contributed by atoms with Crippen molar-refractivity contribution in [3.63, 3.8) is 0 Å². The van der Waals surface area contributed by atoms with Gasteiger partial charge in [-0.1, -0.05) is 6.08 Å². The molecule has 0 aliphatic carbocycles. The maximum absolute atomic E-state index is 12.5. The molecular weight excluding hydrogens is 358 g/mol. The fraction of sp³-hybridized carbons (Fsp3) is 0.350. The van der Waals surface area contributed by atoms with Gasteiger partial charge in [-0.2, -0.15) is 0 Å². The second-order valence-electron chi connectivity index (χ2n) is 6.79. The molecule has 0 fully saturated rings. The lowest BCUT2D eigenvalue weighted by Gasteiger charge is -2.28. The number of amides is 3. The number of aromatic nitrogens is 1. The monoisotopic (exact) mass is 381 g/mol. The molecule has 0 spiro atoms. The average molecular weight is 381 g/mol. The minimum atomic E-state index is -0.351. The number of aryl methyl sites for hydroxylation is 1. The van der Waals surface area contributed by atoms with E-state index in [2.05, 4.69) is 10.3 Å². The summed E-state index contributed by atoms with van der Waals surface area (Å²) >= 11 is 0. The number of pyridine rings is 1. The quantitative estimate of drug-likeness (QED) is 0.597. The predicted molar refractivity (Wildman–Crippen MR) is 106 cm³/mol. The molecule has 0 radical (unpaired) electrons. The average Bonchev–Trinajstić information content (AvgIpc) is 2.89. The zero-order valence-electron chi connectivity index (χ0n) is 16.2. The first-order valence-corrected chi connectivity index (χ1v) is 9.12. The van der Waals surface area contributed by atoms with Gasteiger partial charge in [0.25, 0.3) is 11.8 Å². The van der Waals surface area contributed by atoms with Crippen LogP contribution in [-0.2, 0) is 14.4 Å². The number of rotatable bonds is 5. The van der Waals surface area contributed by atoms with Crippen LogP contribution in [0, 0.1) is 12.3 Å². The van der Waals surface area contributed by atoms with Crippen molar-refractivity contribution in [2.45, 2.75) is 26.7 Å². The molecule has 2 aliphatic rings. The summed E-state index contributed by atoms with van der Waals surface area (Å²) in [7, 11) is 1.46.